The van der Waals surface area contributed by atoms with Crippen molar-refractivity contribution in [2.24, 2.45) is 11.7 Å². The summed E-state index contributed by atoms with van der Waals surface area (Å²) in [7, 11) is 0. The van der Waals surface area contributed by atoms with Crippen LogP contribution < -0.4 is 5.73 Å². The summed E-state index contributed by atoms with van der Waals surface area (Å²) in [6, 6.07) is 4.53. The molecule has 20 heavy (non-hydrogen) atoms. The Morgan fingerprint density at radius 3 is 2.70 bits per heavy atom. The fourth-order valence-electron chi connectivity index (χ4n) is 2.71. The van der Waals surface area contributed by atoms with Gasteiger partial charge < -0.3 is 5.73 Å². The number of nitrogens with zero attached hydrogens (tertiary/aromatic N) is 2. The summed E-state index contributed by atoms with van der Waals surface area (Å²) in [6.45, 7) is 4.14. The largest absolute Gasteiger partial charge is 0.328 e. The molecular formula is C14H20FN3O2. The number of rotatable bonds is 4. The number of nitrogens with two attached hydrogens (primary N) is 1. The van der Waals surface area contributed by atoms with Gasteiger partial charge in [0.05, 0.1) is 4.92 Å². The van der Waals surface area contributed by atoms with Gasteiger partial charge in [-0.15, -0.1) is 0 Å². The molecule has 2 rings (SSSR count). The number of benzene rings is 1. The van der Waals surface area contributed by atoms with Gasteiger partial charge in [-0.05, 0) is 38.8 Å². The van der Waals surface area contributed by atoms with Crippen LogP contribution in [0.2, 0.25) is 0 Å². The van der Waals surface area contributed by atoms with Crippen molar-refractivity contribution in [3.8, 4) is 0 Å². The number of nitro groups is 1. The van der Waals surface area contributed by atoms with E-state index in [0.717, 1.165) is 25.9 Å². The van der Waals surface area contributed by atoms with E-state index < -0.39 is 16.4 Å². The summed E-state index contributed by atoms with van der Waals surface area (Å²) < 4.78 is 14.0. The van der Waals surface area contributed by atoms with Gasteiger partial charge in [0.1, 0.15) is 0 Å². The molecule has 0 aliphatic carbocycles. The third kappa shape index (κ3) is 3.32. The van der Waals surface area contributed by atoms with E-state index in [1.54, 1.807) is 6.07 Å². The van der Waals surface area contributed by atoms with E-state index in [2.05, 4.69) is 4.90 Å². The Balaban J connectivity index is 2.01. The summed E-state index contributed by atoms with van der Waals surface area (Å²) in [6.07, 6.45) is 1.99. The number of halogens is 1. The van der Waals surface area contributed by atoms with Crippen LogP contribution in [-0.2, 0) is 6.54 Å². The molecule has 1 aromatic carbocycles. The smallest absolute Gasteiger partial charge is 0.305 e. The molecule has 6 heteroatoms. The molecule has 1 heterocycles. The summed E-state index contributed by atoms with van der Waals surface area (Å²) in [4.78, 5) is 12.2. The molecule has 1 unspecified atom stereocenters. The molecule has 1 fully saturated rings. The highest BCUT2D eigenvalue weighted by Crippen LogP contribution is 2.24. The van der Waals surface area contributed by atoms with Gasteiger partial charge in [0.25, 0.3) is 0 Å². The zero-order chi connectivity index (χ0) is 14.7. The standard InChI is InChI=1S/C14H20FN3O2/c1-10(16)11-5-7-17(8-6-11)9-12-3-2-4-13(14(12)15)18(19)20/h2-4,10-11H,5-9,16H2,1H3. The first kappa shape index (κ1) is 14.9. The van der Waals surface area contributed by atoms with Gasteiger partial charge in [0.2, 0.25) is 5.82 Å². The van der Waals surface area contributed by atoms with Crippen LogP contribution in [0.25, 0.3) is 0 Å². The minimum atomic E-state index is -0.716. The van der Waals surface area contributed by atoms with Crippen LogP contribution in [0.5, 0.6) is 0 Å². The van der Waals surface area contributed by atoms with Gasteiger partial charge in [0, 0.05) is 24.2 Å². The molecular weight excluding hydrogens is 261 g/mol. The van der Waals surface area contributed by atoms with E-state index in [9.17, 15) is 14.5 Å². The third-order valence-electron chi connectivity index (χ3n) is 4.02. The lowest BCUT2D eigenvalue weighted by Crippen LogP contribution is -2.39. The first-order valence-electron chi connectivity index (χ1n) is 6.88. The van der Waals surface area contributed by atoms with E-state index >= 15 is 0 Å². The third-order valence-corrected chi connectivity index (χ3v) is 4.02. The Hall–Kier alpha value is -1.53. The molecule has 110 valence electrons. The zero-order valence-corrected chi connectivity index (χ0v) is 11.6. The topological polar surface area (TPSA) is 72.4 Å². The molecule has 0 aromatic heterocycles. The SMILES string of the molecule is CC(N)C1CCN(Cc2cccc([N+](=O)[O-])c2F)CC1. The summed E-state index contributed by atoms with van der Waals surface area (Å²) in [5.74, 6) is -0.201. The molecule has 0 radical (unpaired) electrons. The van der Waals surface area contributed by atoms with Crippen molar-refractivity contribution in [2.45, 2.75) is 32.4 Å². The summed E-state index contributed by atoms with van der Waals surface area (Å²) in [5.41, 5.74) is 5.83. The first-order valence-corrected chi connectivity index (χ1v) is 6.88. The van der Waals surface area contributed by atoms with E-state index in [-0.39, 0.29) is 6.04 Å². The quantitative estimate of drug-likeness (QED) is 0.679. The normalized spacial score (nSPS) is 18.9. The van der Waals surface area contributed by atoms with Crippen LogP contribution in [0.15, 0.2) is 18.2 Å². The zero-order valence-electron chi connectivity index (χ0n) is 11.6. The Bertz CT molecular complexity index is 485. The Kier molecular flexibility index (Phi) is 4.67. The lowest BCUT2D eigenvalue weighted by atomic mass is 9.91. The van der Waals surface area contributed by atoms with Gasteiger partial charge in [-0.25, -0.2) is 0 Å². The molecule has 2 N–H and O–H groups in total. The monoisotopic (exact) mass is 281 g/mol. The number of hydrogen-bond acceptors (Lipinski definition) is 4. The van der Waals surface area contributed by atoms with Gasteiger partial charge >= 0.3 is 5.69 Å². The molecule has 0 bridgehead atoms. The number of nitro benzene ring substituents is 1. The van der Waals surface area contributed by atoms with Crippen molar-refractivity contribution >= 4 is 5.69 Å². The first-order chi connectivity index (χ1) is 9.49. The molecule has 0 amide bonds. The van der Waals surface area contributed by atoms with Crippen molar-refractivity contribution in [2.75, 3.05) is 13.1 Å². The number of likely N-dealkylation sites (tertiary alicyclic amines) is 1. The fourth-order valence-corrected chi connectivity index (χ4v) is 2.71. The maximum absolute atomic E-state index is 14.0. The molecule has 1 aliphatic rings. The Labute approximate surface area is 117 Å². The molecule has 0 saturated carbocycles. The van der Waals surface area contributed by atoms with E-state index in [0.29, 0.717) is 18.0 Å². The lowest BCUT2D eigenvalue weighted by molar-refractivity contribution is -0.387. The molecule has 1 saturated heterocycles. The highest BCUT2D eigenvalue weighted by Gasteiger charge is 2.24. The van der Waals surface area contributed by atoms with Crippen molar-refractivity contribution in [3.63, 3.8) is 0 Å². The van der Waals surface area contributed by atoms with Crippen LogP contribution in [0.1, 0.15) is 25.3 Å². The van der Waals surface area contributed by atoms with Gasteiger partial charge in [-0.1, -0.05) is 12.1 Å². The minimum Gasteiger partial charge on any atom is -0.328 e. The van der Waals surface area contributed by atoms with Crippen molar-refractivity contribution < 1.29 is 9.31 Å². The average Bonchev–Trinajstić information content (AvgIpc) is 2.41. The highest BCUT2D eigenvalue weighted by molar-refractivity contribution is 5.36. The Morgan fingerprint density at radius 2 is 2.15 bits per heavy atom. The van der Waals surface area contributed by atoms with Crippen LogP contribution >= 0.6 is 0 Å². The van der Waals surface area contributed by atoms with Crippen molar-refractivity contribution in [1.82, 2.24) is 4.90 Å². The maximum atomic E-state index is 14.0. The fraction of sp³-hybridized carbons (Fsp3) is 0.571. The second-order valence-corrected chi connectivity index (χ2v) is 5.48. The van der Waals surface area contributed by atoms with E-state index in [1.165, 1.54) is 12.1 Å². The summed E-state index contributed by atoms with van der Waals surface area (Å²) in [5, 5.41) is 10.7. The van der Waals surface area contributed by atoms with Crippen LogP contribution in [0.3, 0.4) is 0 Å². The van der Waals surface area contributed by atoms with E-state index in [4.69, 9.17) is 5.73 Å². The van der Waals surface area contributed by atoms with Crippen LogP contribution in [-0.4, -0.2) is 29.0 Å². The van der Waals surface area contributed by atoms with Gasteiger partial charge in [-0.2, -0.15) is 4.39 Å². The predicted molar refractivity (Wildman–Crippen MR) is 74.7 cm³/mol. The van der Waals surface area contributed by atoms with Crippen LogP contribution in [0.4, 0.5) is 10.1 Å². The molecule has 1 aliphatic heterocycles. The van der Waals surface area contributed by atoms with Gasteiger partial charge in [-0.3, -0.25) is 15.0 Å². The summed E-state index contributed by atoms with van der Waals surface area (Å²) >= 11 is 0. The molecule has 5 nitrogen and oxygen atoms in total. The molecule has 1 atom stereocenters. The van der Waals surface area contributed by atoms with E-state index in [1.807, 2.05) is 6.92 Å². The number of hydrogen-bond donors (Lipinski definition) is 1. The second-order valence-electron chi connectivity index (χ2n) is 5.48. The lowest BCUT2D eigenvalue weighted by Gasteiger charge is -2.33. The van der Waals surface area contributed by atoms with Crippen molar-refractivity contribution in [1.29, 1.82) is 0 Å². The molecule has 0 spiro atoms. The minimum absolute atomic E-state index is 0.187. The Morgan fingerprint density at radius 1 is 1.50 bits per heavy atom. The number of piperidine rings is 1. The predicted octanol–water partition coefficient (Wildman–Crippen LogP) is 2.29. The van der Waals surface area contributed by atoms with Crippen molar-refractivity contribution in [3.05, 3.63) is 39.7 Å². The van der Waals surface area contributed by atoms with Crippen LogP contribution in [0, 0.1) is 21.8 Å². The molecule has 1 aromatic rings. The second kappa shape index (κ2) is 6.28. The highest BCUT2D eigenvalue weighted by atomic mass is 19.1. The maximum Gasteiger partial charge on any atom is 0.305 e. The average molecular weight is 281 g/mol. The van der Waals surface area contributed by atoms with Gasteiger partial charge in [0.15, 0.2) is 0 Å².